The van der Waals surface area contributed by atoms with E-state index in [0.29, 0.717) is 6.04 Å². The Bertz CT molecular complexity index is 404. The van der Waals surface area contributed by atoms with Gasteiger partial charge in [-0.1, -0.05) is 39.0 Å². The molecule has 1 aromatic rings. The van der Waals surface area contributed by atoms with Crippen LogP contribution in [-0.2, 0) is 0 Å². The van der Waals surface area contributed by atoms with Gasteiger partial charge in [0.2, 0.25) is 0 Å². The summed E-state index contributed by atoms with van der Waals surface area (Å²) in [5.41, 5.74) is 0.816. The van der Waals surface area contributed by atoms with Gasteiger partial charge < -0.3 is 5.32 Å². The fraction of sp³-hybridized carbons (Fsp3) is 0.647. The zero-order chi connectivity index (χ0) is 13.8. The third-order valence-electron chi connectivity index (χ3n) is 4.72. The molecule has 0 saturated heterocycles. The molecule has 4 atom stereocenters. The first kappa shape index (κ1) is 14.5. The number of benzene rings is 1. The van der Waals surface area contributed by atoms with Crippen LogP contribution in [-0.4, -0.2) is 6.04 Å². The lowest BCUT2D eigenvalue weighted by Gasteiger charge is -2.35. The summed E-state index contributed by atoms with van der Waals surface area (Å²) in [5.74, 6) is 1.51. The minimum absolute atomic E-state index is 0.0842. The summed E-state index contributed by atoms with van der Waals surface area (Å²) in [6, 6.07) is 7.84. The third-order valence-corrected chi connectivity index (χ3v) is 4.72. The maximum absolute atomic E-state index is 13.9. The van der Waals surface area contributed by atoms with E-state index in [1.54, 1.807) is 12.1 Å². The van der Waals surface area contributed by atoms with Gasteiger partial charge in [-0.2, -0.15) is 0 Å². The molecule has 1 nitrogen and oxygen atoms in total. The Hall–Kier alpha value is -0.890. The van der Waals surface area contributed by atoms with Crippen LogP contribution < -0.4 is 5.32 Å². The zero-order valence-corrected chi connectivity index (χ0v) is 12.3. The Morgan fingerprint density at radius 2 is 1.95 bits per heavy atom. The maximum atomic E-state index is 13.9. The van der Waals surface area contributed by atoms with E-state index >= 15 is 0 Å². The molecule has 0 radical (unpaired) electrons. The molecular weight excluding hydrogens is 237 g/mol. The van der Waals surface area contributed by atoms with Gasteiger partial charge in [-0.3, -0.25) is 0 Å². The maximum Gasteiger partial charge on any atom is 0.127 e. The summed E-state index contributed by atoms with van der Waals surface area (Å²) >= 11 is 0. The monoisotopic (exact) mass is 263 g/mol. The average Bonchev–Trinajstić information content (AvgIpc) is 2.41. The molecule has 1 fully saturated rings. The van der Waals surface area contributed by atoms with Crippen LogP contribution in [0.1, 0.15) is 58.1 Å². The van der Waals surface area contributed by atoms with Crippen molar-refractivity contribution in [2.24, 2.45) is 11.8 Å². The second kappa shape index (κ2) is 6.51. The third kappa shape index (κ3) is 3.56. The van der Waals surface area contributed by atoms with E-state index in [1.807, 2.05) is 12.1 Å². The van der Waals surface area contributed by atoms with Crippen molar-refractivity contribution in [3.63, 3.8) is 0 Å². The molecule has 0 aliphatic heterocycles. The number of nitrogens with one attached hydrogen (secondary N) is 1. The van der Waals surface area contributed by atoms with E-state index in [0.717, 1.165) is 23.8 Å². The zero-order valence-electron chi connectivity index (χ0n) is 12.3. The number of halogens is 1. The molecule has 0 heterocycles. The highest BCUT2D eigenvalue weighted by Crippen LogP contribution is 2.31. The fourth-order valence-corrected chi connectivity index (χ4v) is 3.17. The second-order valence-corrected chi connectivity index (χ2v) is 6.11. The first-order valence-electron chi connectivity index (χ1n) is 7.62. The molecule has 0 amide bonds. The lowest BCUT2D eigenvalue weighted by atomic mass is 9.79. The average molecular weight is 263 g/mol. The van der Waals surface area contributed by atoms with Gasteiger partial charge in [-0.15, -0.1) is 0 Å². The highest BCUT2D eigenvalue weighted by Gasteiger charge is 2.26. The summed E-state index contributed by atoms with van der Waals surface area (Å²) in [6.45, 7) is 6.80. The van der Waals surface area contributed by atoms with Gasteiger partial charge >= 0.3 is 0 Å². The van der Waals surface area contributed by atoms with Gasteiger partial charge in [-0.05, 0) is 43.6 Å². The molecule has 2 rings (SSSR count). The summed E-state index contributed by atoms with van der Waals surface area (Å²) in [6.07, 6.45) is 4.65. The first-order chi connectivity index (χ1) is 9.11. The summed E-state index contributed by atoms with van der Waals surface area (Å²) in [4.78, 5) is 0. The molecule has 4 unspecified atom stereocenters. The largest absolute Gasteiger partial charge is 0.307 e. The van der Waals surface area contributed by atoms with Crippen LogP contribution >= 0.6 is 0 Å². The Labute approximate surface area is 116 Å². The molecule has 2 heteroatoms. The Kier molecular flexibility index (Phi) is 4.98. The minimum atomic E-state index is -0.0842. The van der Waals surface area contributed by atoms with Crippen molar-refractivity contribution in [3.05, 3.63) is 35.6 Å². The number of hydrogen-bond donors (Lipinski definition) is 1. The molecule has 1 saturated carbocycles. The Morgan fingerprint density at radius 3 is 2.58 bits per heavy atom. The molecule has 106 valence electrons. The van der Waals surface area contributed by atoms with Gasteiger partial charge in [0.1, 0.15) is 5.82 Å². The summed E-state index contributed by atoms with van der Waals surface area (Å²) in [5, 5.41) is 3.67. The van der Waals surface area contributed by atoms with Crippen molar-refractivity contribution in [1.29, 1.82) is 0 Å². The SMILES string of the molecule is CCC(NC1CCC(C)C(C)C1)c1ccccc1F. The van der Waals surface area contributed by atoms with Gasteiger partial charge in [0.25, 0.3) is 0 Å². The van der Waals surface area contributed by atoms with E-state index in [2.05, 4.69) is 26.1 Å². The van der Waals surface area contributed by atoms with Crippen molar-refractivity contribution < 1.29 is 4.39 Å². The van der Waals surface area contributed by atoms with Crippen LogP contribution in [0, 0.1) is 17.7 Å². The molecular formula is C17H26FN. The topological polar surface area (TPSA) is 12.0 Å². The van der Waals surface area contributed by atoms with Gasteiger partial charge in [0.05, 0.1) is 0 Å². The lowest BCUT2D eigenvalue weighted by Crippen LogP contribution is -2.38. The van der Waals surface area contributed by atoms with Crippen LogP contribution in [0.25, 0.3) is 0 Å². The molecule has 1 aromatic carbocycles. The molecule has 0 bridgehead atoms. The van der Waals surface area contributed by atoms with Crippen molar-refractivity contribution >= 4 is 0 Å². The van der Waals surface area contributed by atoms with Crippen LogP contribution in [0.4, 0.5) is 4.39 Å². The molecule has 1 N–H and O–H groups in total. The molecule has 19 heavy (non-hydrogen) atoms. The Morgan fingerprint density at radius 1 is 1.21 bits per heavy atom. The molecule has 0 spiro atoms. The smallest absolute Gasteiger partial charge is 0.127 e. The predicted molar refractivity (Wildman–Crippen MR) is 78.5 cm³/mol. The van der Waals surface area contributed by atoms with Crippen molar-refractivity contribution in [2.45, 2.75) is 58.5 Å². The minimum Gasteiger partial charge on any atom is -0.307 e. The van der Waals surface area contributed by atoms with E-state index in [4.69, 9.17) is 0 Å². The Balaban J connectivity index is 2.02. The van der Waals surface area contributed by atoms with Crippen LogP contribution in [0.3, 0.4) is 0 Å². The van der Waals surface area contributed by atoms with Gasteiger partial charge in [0.15, 0.2) is 0 Å². The summed E-state index contributed by atoms with van der Waals surface area (Å²) in [7, 11) is 0. The summed E-state index contributed by atoms with van der Waals surface area (Å²) < 4.78 is 13.9. The van der Waals surface area contributed by atoms with Crippen LogP contribution in [0.15, 0.2) is 24.3 Å². The van der Waals surface area contributed by atoms with Gasteiger partial charge in [0, 0.05) is 17.6 Å². The lowest BCUT2D eigenvalue weighted by molar-refractivity contribution is 0.213. The van der Waals surface area contributed by atoms with Gasteiger partial charge in [-0.25, -0.2) is 4.39 Å². The standard InChI is InChI=1S/C17H26FN/c1-4-17(15-7-5-6-8-16(15)18)19-14-10-9-12(2)13(3)11-14/h5-8,12-14,17,19H,4,9-11H2,1-3H3. The van der Waals surface area contributed by atoms with Crippen molar-refractivity contribution in [3.8, 4) is 0 Å². The fourth-order valence-electron chi connectivity index (χ4n) is 3.17. The van der Waals surface area contributed by atoms with Crippen molar-refractivity contribution in [2.75, 3.05) is 0 Å². The normalized spacial score (nSPS) is 29.2. The van der Waals surface area contributed by atoms with Crippen molar-refractivity contribution in [1.82, 2.24) is 5.32 Å². The van der Waals surface area contributed by atoms with Crippen LogP contribution in [0.2, 0.25) is 0 Å². The highest BCUT2D eigenvalue weighted by molar-refractivity contribution is 5.21. The van der Waals surface area contributed by atoms with Crippen LogP contribution in [0.5, 0.6) is 0 Å². The molecule has 0 aromatic heterocycles. The second-order valence-electron chi connectivity index (χ2n) is 6.11. The predicted octanol–water partition coefficient (Wildman–Crippen LogP) is 4.69. The first-order valence-corrected chi connectivity index (χ1v) is 7.62. The van der Waals surface area contributed by atoms with E-state index in [-0.39, 0.29) is 11.9 Å². The molecule has 1 aliphatic rings. The van der Waals surface area contributed by atoms with E-state index in [1.165, 1.54) is 19.3 Å². The molecule has 1 aliphatic carbocycles. The quantitative estimate of drug-likeness (QED) is 0.831. The number of hydrogen-bond acceptors (Lipinski definition) is 1. The van der Waals surface area contributed by atoms with E-state index < -0.39 is 0 Å². The highest BCUT2D eigenvalue weighted by atomic mass is 19.1. The number of rotatable bonds is 4. The van der Waals surface area contributed by atoms with E-state index in [9.17, 15) is 4.39 Å².